The van der Waals surface area contributed by atoms with Crippen LogP contribution in [0.25, 0.3) is 16.6 Å². The zero-order valence-corrected chi connectivity index (χ0v) is 15.9. The van der Waals surface area contributed by atoms with Gasteiger partial charge in [-0.3, -0.25) is 9.78 Å². The number of rotatable bonds is 5. The van der Waals surface area contributed by atoms with E-state index in [9.17, 15) is 4.79 Å². The summed E-state index contributed by atoms with van der Waals surface area (Å²) in [5.74, 6) is 0.520. The summed E-state index contributed by atoms with van der Waals surface area (Å²) in [5.41, 5.74) is 4.22. The van der Waals surface area contributed by atoms with Crippen molar-refractivity contribution in [2.24, 2.45) is 0 Å². The van der Waals surface area contributed by atoms with Crippen LogP contribution < -0.4 is 4.74 Å². The lowest BCUT2D eigenvalue weighted by Gasteiger charge is -2.16. The van der Waals surface area contributed by atoms with Crippen molar-refractivity contribution in [2.75, 3.05) is 20.3 Å². The largest absolute Gasteiger partial charge is 0.494 e. The fourth-order valence-corrected chi connectivity index (χ4v) is 3.67. The normalized spacial score (nSPS) is 14.2. The average Bonchev–Trinajstić information content (AvgIpc) is 3.14. The number of aromatic nitrogens is 4. The van der Waals surface area contributed by atoms with Crippen molar-refractivity contribution in [2.45, 2.75) is 19.8 Å². The molecule has 0 aliphatic carbocycles. The predicted molar refractivity (Wildman–Crippen MR) is 102 cm³/mol. The Morgan fingerprint density at radius 2 is 2.19 bits per heavy atom. The van der Waals surface area contributed by atoms with Crippen LogP contribution in [0.1, 0.15) is 32.5 Å². The molecule has 0 fully saturated rings. The number of hydrogen-bond donors (Lipinski definition) is 0. The van der Waals surface area contributed by atoms with Crippen molar-refractivity contribution in [1.82, 2.24) is 20.2 Å². The van der Waals surface area contributed by atoms with Crippen LogP contribution in [0.4, 0.5) is 0 Å². The van der Waals surface area contributed by atoms with Gasteiger partial charge in [-0.05, 0) is 31.1 Å². The number of ketones is 1. The smallest absolute Gasteiger partial charge is 0.199 e. The Labute approximate surface area is 160 Å². The standard InChI is InChI=1S/C19H18N4O3S/c1-11-22-23-19(27-11)15(24)9-13-10-20-17-14(12-5-7-26-8-6-12)3-4-16(25-2)18(17)21-13/h3-5,10H,6-9H2,1-2H3. The Hall–Kier alpha value is -2.71. The van der Waals surface area contributed by atoms with Crippen molar-refractivity contribution < 1.29 is 14.3 Å². The van der Waals surface area contributed by atoms with Crippen molar-refractivity contribution in [3.63, 3.8) is 0 Å². The summed E-state index contributed by atoms with van der Waals surface area (Å²) in [6.45, 7) is 3.12. The van der Waals surface area contributed by atoms with Gasteiger partial charge < -0.3 is 9.47 Å². The van der Waals surface area contributed by atoms with Crippen LogP contribution in [-0.2, 0) is 11.2 Å². The fourth-order valence-electron chi connectivity index (χ4n) is 3.04. The molecule has 1 aromatic carbocycles. The SMILES string of the molecule is COc1ccc(C2=CCOCC2)c2ncc(CC(=O)c3nnc(C)s3)nc12. The minimum absolute atomic E-state index is 0.114. The third-order valence-corrected chi connectivity index (χ3v) is 5.23. The number of benzene rings is 1. The lowest BCUT2D eigenvalue weighted by molar-refractivity contribution is 0.0991. The Bertz CT molecular complexity index is 1040. The number of fused-ring (bicyclic) bond motifs is 1. The highest BCUT2D eigenvalue weighted by Gasteiger charge is 2.17. The molecule has 2 aromatic heterocycles. The highest BCUT2D eigenvalue weighted by atomic mass is 32.1. The number of nitrogens with zero attached hydrogens (tertiary/aromatic N) is 4. The molecule has 0 unspecified atom stereocenters. The topological polar surface area (TPSA) is 87.1 Å². The van der Waals surface area contributed by atoms with Crippen LogP contribution in [0.2, 0.25) is 0 Å². The first-order chi connectivity index (χ1) is 13.2. The van der Waals surface area contributed by atoms with Crippen LogP contribution in [-0.4, -0.2) is 46.3 Å². The maximum Gasteiger partial charge on any atom is 0.199 e. The van der Waals surface area contributed by atoms with Gasteiger partial charge in [-0.2, -0.15) is 0 Å². The van der Waals surface area contributed by atoms with Crippen molar-refractivity contribution in [3.8, 4) is 5.75 Å². The number of Topliss-reactive ketones (excluding diaryl/α,β-unsaturated/α-hetero) is 1. The summed E-state index contributed by atoms with van der Waals surface area (Å²) in [4.78, 5) is 21.7. The molecule has 8 heteroatoms. The van der Waals surface area contributed by atoms with E-state index in [2.05, 4.69) is 26.2 Å². The van der Waals surface area contributed by atoms with Crippen LogP contribution in [0.5, 0.6) is 5.75 Å². The quantitative estimate of drug-likeness (QED) is 0.627. The second-order valence-corrected chi connectivity index (χ2v) is 7.34. The minimum atomic E-state index is -0.114. The van der Waals surface area contributed by atoms with Gasteiger partial charge in [0.1, 0.15) is 16.3 Å². The third kappa shape index (κ3) is 3.58. The molecule has 3 heterocycles. The highest BCUT2D eigenvalue weighted by molar-refractivity contribution is 7.13. The average molecular weight is 382 g/mol. The maximum atomic E-state index is 12.4. The van der Waals surface area contributed by atoms with Gasteiger partial charge in [-0.15, -0.1) is 10.2 Å². The van der Waals surface area contributed by atoms with E-state index in [-0.39, 0.29) is 12.2 Å². The van der Waals surface area contributed by atoms with Gasteiger partial charge in [-0.25, -0.2) is 4.98 Å². The molecule has 0 spiro atoms. The number of carbonyl (C=O) groups excluding carboxylic acids is 1. The van der Waals surface area contributed by atoms with Crippen molar-refractivity contribution in [3.05, 3.63) is 45.7 Å². The molecule has 0 saturated carbocycles. The summed E-state index contributed by atoms with van der Waals surface area (Å²) < 4.78 is 10.9. The summed E-state index contributed by atoms with van der Waals surface area (Å²) >= 11 is 1.28. The number of hydrogen-bond acceptors (Lipinski definition) is 8. The monoisotopic (exact) mass is 382 g/mol. The molecule has 27 heavy (non-hydrogen) atoms. The molecule has 0 saturated heterocycles. The first-order valence-corrected chi connectivity index (χ1v) is 9.40. The van der Waals surface area contributed by atoms with Crippen LogP contribution in [0.15, 0.2) is 24.4 Å². The number of methoxy groups -OCH3 is 1. The van der Waals surface area contributed by atoms with E-state index in [1.54, 1.807) is 13.3 Å². The Kier molecular flexibility index (Phi) is 4.91. The molecule has 0 N–H and O–H groups in total. The molecule has 0 amide bonds. The van der Waals surface area contributed by atoms with Gasteiger partial charge in [0, 0.05) is 11.8 Å². The number of aryl methyl sites for hydroxylation is 1. The molecule has 0 radical (unpaired) electrons. The molecule has 4 rings (SSSR count). The van der Waals surface area contributed by atoms with Crippen LogP contribution in [0, 0.1) is 6.92 Å². The van der Waals surface area contributed by atoms with Crippen molar-refractivity contribution in [1.29, 1.82) is 0 Å². The van der Waals surface area contributed by atoms with E-state index in [0.29, 0.717) is 35.2 Å². The second kappa shape index (κ2) is 7.50. The lowest BCUT2D eigenvalue weighted by atomic mass is 9.99. The van der Waals surface area contributed by atoms with E-state index in [1.165, 1.54) is 16.9 Å². The van der Waals surface area contributed by atoms with Gasteiger partial charge in [0.2, 0.25) is 0 Å². The lowest BCUT2D eigenvalue weighted by Crippen LogP contribution is -2.07. The molecule has 0 bridgehead atoms. The molecule has 7 nitrogen and oxygen atoms in total. The molecule has 138 valence electrons. The molecule has 3 aromatic rings. The van der Waals surface area contributed by atoms with Gasteiger partial charge in [0.25, 0.3) is 0 Å². The summed E-state index contributed by atoms with van der Waals surface area (Å²) in [7, 11) is 1.60. The molecular formula is C19H18N4O3S. The fraction of sp³-hybridized carbons (Fsp3) is 0.316. The first-order valence-electron chi connectivity index (χ1n) is 8.59. The Morgan fingerprint density at radius 1 is 1.30 bits per heavy atom. The van der Waals surface area contributed by atoms with E-state index in [0.717, 1.165) is 22.5 Å². The summed E-state index contributed by atoms with van der Waals surface area (Å²) in [5, 5.41) is 8.96. The zero-order chi connectivity index (χ0) is 18.8. The van der Waals surface area contributed by atoms with Gasteiger partial charge in [0.15, 0.2) is 10.8 Å². The zero-order valence-electron chi connectivity index (χ0n) is 15.1. The molecule has 1 aliphatic heterocycles. The van der Waals surface area contributed by atoms with E-state index >= 15 is 0 Å². The van der Waals surface area contributed by atoms with E-state index in [1.807, 2.05) is 19.1 Å². The van der Waals surface area contributed by atoms with E-state index in [4.69, 9.17) is 9.47 Å². The van der Waals surface area contributed by atoms with Gasteiger partial charge in [0.05, 0.1) is 38.0 Å². The first kappa shape index (κ1) is 17.7. The van der Waals surface area contributed by atoms with Gasteiger partial charge >= 0.3 is 0 Å². The molecular weight excluding hydrogens is 364 g/mol. The minimum Gasteiger partial charge on any atom is -0.494 e. The number of ether oxygens (including phenoxy) is 2. The van der Waals surface area contributed by atoms with Crippen LogP contribution >= 0.6 is 11.3 Å². The Morgan fingerprint density at radius 3 is 2.89 bits per heavy atom. The summed E-state index contributed by atoms with van der Waals surface area (Å²) in [6, 6.07) is 3.89. The Balaban J connectivity index is 1.72. The maximum absolute atomic E-state index is 12.4. The number of carbonyl (C=O) groups is 1. The van der Waals surface area contributed by atoms with Gasteiger partial charge in [-0.1, -0.05) is 17.4 Å². The van der Waals surface area contributed by atoms with Crippen molar-refractivity contribution >= 4 is 33.7 Å². The van der Waals surface area contributed by atoms with E-state index < -0.39 is 0 Å². The third-order valence-electron chi connectivity index (χ3n) is 4.35. The highest BCUT2D eigenvalue weighted by Crippen LogP contribution is 2.32. The predicted octanol–water partition coefficient (Wildman–Crippen LogP) is 3.03. The molecule has 1 aliphatic rings. The van der Waals surface area contributed by atoms with Crippen LogP contribution in [0.3, 0.4) is 0 Å². The molecule has 0 atom stereocenters. The summed E-state index contributed by atoms with van der Waals surface area (Å²) in [6.07, 6.45) is 4.68. The second-order valence-electron chi connectivity index (χ2n) is 6.15.